The molecule has 1 saturated heterocycles. The molecular formula is C18H25N5O. The molecule has 2 heterocycles. The summed E-state index contributed by atoms with van der Waals surface area (Å²) in [6, 6.07) is 12.1. The minimum atomic E-state index is 0.128. The van der Waals surface area contributed by atoms with Gasteiger partial charge in [0.15, 0.2) is 0 Å². The molecule has 2 aromatic rings. The van der Waals surface area contributed by atoms with E-state index >= 15 is 0 Å². The molecule has 24 heavy (non-hydrogen) atoms. The Morgan fingerprint density at radius 1 is 1.38 bits per heavy atom. The Morgan fingerprint density at radius 2 is 2.21 bits per heavy atom. The lowest BCUT2D eigenvalue weighted by Gasteiger charge is -2.10. The van der Waals surface area contributed by atoms with Crippen LogP contribution in [-0.4, -0.2) is 34.8 Å². The summed E-state index contributed by atoms with van der Waals surface area (Å²) >= 11 is 0. The van der Waals surface area contributed by atoms with Crippen LogP contribution < -0.4 is 16.4 Å². The number of para-hydroxylation sites is 1. The van der Waals surface area contributed by atoms with Crippen LogP contribution in [0.3, 0.4) is 0 Å². The van der Waals surface area contributed by atoms with Gasteiger partial charge in [0.25, 0.3) is 0 Å². The summed E-state index contributed by atoms with van der Waals surface area (Å²) in [4.78, 5) is 11.9. The molecular weight excluding hydrogens is 302 g/mol. The zero-order chi connectivity index (χ0) is 16.8. The molecule has 1 fully saturated rings. The van der Waals surface area contributed by atoms with Crippen LogP contribution in [0, 0.1) is 0 Å². The molecule has 1 aliphatic rings. The van der Waals surface area contributed by atoms with E-state index in [1.54, 1.807) is 4.68 Å². The third-order valence-corrected chi connectivity index (χ3v) is 4.31. The van der Waals surface area contributed by atoms with Gasteiger partial charge < -0.3 is 16.4 Å². The highest BCUT2D eigenvalue weighted by atomic mass is 16.1. The summed E-state index contributed by atoms with van der Waals surface area (Å²) in [7, 11) is 0. The summed E-state index contributed by atoms with van der Waals surface area (Å²) in [6.07, 6.45) is 4.50. The smallest absolute Gasteiger partial charge is 0.221 e. The maximum absolute atomic E-state index is 11.9. The van der Waals surface area contributed by atoms with E-state index in [0.717, 1.165) is 37.2 Å². The second-order valence-electron chi connectivity index (χ2n) is 6.26. The van der Waals surface area contributed by atoms with Crippen molar-refractivity contribution in [2.45, 2.75) is 38.1 Å². The fourth-order valence-electron chi connectivity index (χ4n) is 3.07. The van der Waals surface area contributed by atoms with Crippen LogP contribution in [0.15, 0.2) is 36.4 Å². The number of amides is 1. The molecule has 6 nitrogen and oxygen atoms in total. The van der Waals surface area contributed by atoms with Crippen LogP contribution in [-0.2, 0) is 11.2 Å². The van der Waals surface area contributed by atoms with Crippen LogP contribution in [0.5, 0.6) is 0 Å². The topological polar surface area (TPSA) is 85.0 Å². The number of benzene rings is 1. The quantitative estimate of drug-likeness (QED) is 0.675. The molecule has 1 atom stereocenters. The Labute approximate surface area is 142 Å². The van der Waals surface area contributed by atoms with Crippen molar-refractivity contribution in [2.75, 3.05) is 18.8 Å². The molecule has 1 aromatic carbocycles. The number of rotatable bonds is 7. The highest BCUT2D eigenvalue weighted by Gasteiger charge is 2.17. The molecule has 0 aliphatic carbocycles. The van der Waals surface area contributed by atoms with Gasteiger partial charge in [0.2, 0.25) is 5.91 Å². The molecule has 0 bridgehead atoms. The van der Waals surface area contributed by atoms with Crippen molar-refractivity contribution < 1.29 is 4.79 Å². The Hall–Kier alpha value is -2.34. The number of nitrogens with two attached hydrogens (primary N) is 1. The van der Waals surface area contributed by atoms with Gasteiger partial charge in [-0.3, -0.25) is 4.79 Å². The number of carbonyl (C=O) groups is 1. The first kappa shape index (κ1) is 16.5. The lowest BCUT2D eigenvalue weighted by molar-refractivity contribution is -0.121. The summed E-state index contributed by atoms with van der Waals surface area (Å²) < 4.78 is 1.75. The first-order chi connectivity index (χ1) is 11.7. The monoisotopic (exact) mass is 327 g/mol. The summed E-state index contributed by atoms with van der Waals surface area (Å²) in [5.41, 5.74) is 7.95. The van der Waals surface area contributed by atoms with Gasteiger partial charge in [-0.15, -0.1) is 0 Å². The standard InChI is InChI=1S/C18H25N5O/c19-17-12-15(22-23(17)16-8-2-1-3-9-16)7-5-11-21-18(24)13-14-6-4-10-20-14/h1-3,8-9,12,14,20H,4-7,10-11,13,19H2,(H,21,24). The molecule has 6 heteroatoms. The number of nitrogens with one attached hydrogen (secondary N) is 2. The van der Waals surface area contributed by atoms with Gasteiger partial charge >= 0.3 is 0 Å². The molecule has 3 rings (SSSR count). The van der Waals surface area contributed by atoms with Crippen molar-refractivity contribution in [3.63, 3.8) is 0 Å². The normalized spacial score (nSPS) is 17.1. The maximum Gasteiger partial charge on any atom is 0.221 e. The maximum atomic E-state index is 11.9. The van der Waals surface area contributed by atoms with Crippen molar-refractivity contribution in [1.82, 2.24) is 20.4 Å². The van der Waals surface area contributed by atoms with Crippen LogP contribution in [0.25, 0.3) is 5.69 Å². The minimum absolute atomic E-state index is 0.128. The first-order valence-electron chi connectivity index (χ1n) is 8.62. The lowest BCUT2D eigenvalue weighted by Crippen LogP contribution is -2.32. The third kappa shape index (κ3) is 4.35. The largest absolute Gasteiger partial charge is 0.384 e. The van der Waals surface area contributed by atoms with Gasteiger partial charge in [-0.2, -0.15) is 5.10 Å². The molecule has 4 N–H and O–H groups in total. The molecule has 0 saturated carbocycles. The van der Waals surface area contributed by atoms with Gasteiger partial charge in [0, 0.05) is 25.1 Å². The van der Waals surface area contributed by atoms with E-state index in [9.17, 15) is 4.79 Å². The summed E-state index contributed by atoms with van der Waals surface area (Å²) in [6.45, 7) is 1.70. The second kappa shape index (κ2) is 7.97. The molecule has 1 amide bonds. The molecule has 1 aromatic heterocycles. The molecule has 1 unspecified atom stereocenters. The minimum Gasteiger partial charge on any atom is -0.384 e. The number of carbonyl (C=O) groups excluding carboxylic acids is 1. The van der Waals surface area contributed by atoms with Crippen LogP contribution >= 0.6 is 0 Å². The molecule has 0 radical (unpaired) electrons. The Bertz CT molecular complexity index is 661. The average molecular weight is 327 g/mol. The van der Waals surface area contributed by atoms with E-state index in [0.29, 0.717) is 24.8 Å². The number of hydrogen-bond acceptors (Lipinski definition) is 4. The number of aromatic nitrogens is 2. The molecule has 0 spiro atoms. The summed E-state index contributed by atoms with van der Waals surface area (Å²) in [5, 5.41) is 10.9. The van der Waals surface area contributed by atoms with Crippen molar-refractivity contribution in [1.29, 1.82) is 0 Å². The van der Waals surface area contributed by atoms with Gasteiger partial charge in [-0.25, -0.2) is 4.68 Å². The van der Waals surface area contributed by atoms with E-state index in [-0.39, 0.29) is 5.91 Å². The van der Waals surface area contributed by atoms with Gasteiger partial charge in [0.1, 0.15) is 5.82 Å². The molecule has 1 aliphatic heterocycles. The predicted octanol–water partition coefficient (Wildman–Crippen LogP) is 1.65. The van der Waals surface area contributed by atoms with E-state index < -0.39 is 0 Å². The number of hydrogen-bond donors (Lipinski definition) is 3. The number of nitrogen functional groups attached to an aromatic ring is 1. The van der Waals surface area contributed by atoms with Crippen molar-refractivity contribution >= 4 is 11.7 Å². The van der Waals surface area contributed by atoms with E-state index in [1.807, 2.05) is 36.4 Å². The number of aryl methyl sites for hydroxylation is 1. The van der Waals surface area contributed by atoms with Gasteiger partial charge in [0.05, 0.1) is 11.4 Å². The SMILES string of the molecule is Nc1cc(CCCNC(=O)CC2CCCN2)nn1-c1ccccc1. The van der Waals surface area contributed by atoms with Crippen molar-refractivity contribution in [2.24, 2.45) is 0 Å². The fourth-order valence-corrected chi connectivity index (χ4v) is 3.07. The zero-order valence-electron chi connectivity index (χ0n) is 13.9. The first-order valence-corrected chi connectivity index (χ1v) is 8.62. The van der Waals surface area contributed by atoms with Crippen molar-refractivity contribution in [3.8, 4) is 5.69 Å². The Kier molecular flexibility index (Phi) is 5.48. The number of nitrogens with zero attached hydrogens (tertiary/aromatic N) is 2. The van der Waals surface area contributed by atoms with Gasteiger partial charge in [-0.1, -0.05) is 18.2 Å². The van der Waals surface area contributed by atoms with E-state index in [4.69, 9.17) is 5.73 Å². The molecule has 128 valence electrons. The van der Waals surface area contributed by atoms with Crippen LogP contribution in [0.2, 0.25) is 0 Å². The van der Waals surface area contributed by atoms with Crippen molar-refractivity contribution in [3.05, 3.63) is 42.1 Å². The van der Waals surface area contributed by atoms with E-state index in [2.05, 4.69) is 15.7 Å². The van der Waals surface area contributed by atoms with Crippen LogP contribution in [0.4, 0.5) is 5.82 Å². The fraction of sp³-hybridized carbons (Fsp3) is 0.444. The second-order valence-corrected chi connectivity index (χ2v) is 6.26. The summed E-state index contributed by atoms with van der Waals surface area (Å²) in [5.74, 6) is 0.760. The highest BCUT2D eigenvalue weighted by molar-refractivity contribution is 5.76. The zero-order valence-corrected chi connectivity index (χ0v) is 13.9. The average Bonchev–Trinajstić information content (AvgIpc) is 3.22. The third-order valence-electron chi connectivity index (χ3n) is 4.31. The van der Waals surface area contributed by atoms with Crippen LogP contribution in [0.1, 0.15) is 31.4 Å². The highest BCUT2D eigenvalue weighted by Crippen LogP contribution is 2.15. The Morgan fingerprint density at radius 3 is 2.96 bits per heavy atom. The lowest BCUT2D eigenvalue weighted by atomic mass is 10.1. The predicted molar refractivity (Wildman–Crippen MR) is 94.9 cm³/mol. The number of anilines is 1. The van der Waals surface area contributed by atoms with E-state index in [1.165, 1.54) is 6.42 Å². The van der Waals surface area contributed by atoms with Gasteiger partial charge in [-0.05, 0) is 44.4 Å². The Balaban J connectivity index is 1.43.